The van der Waals surface area contributed by atoms with Crippen molar-refractivity contribution < 1.29 is 4.79 Å². The summed E-state index contributed by atoms with van der Waals surface area (Å²) < 4.78 is 0. The number of nitrogens with one attached hydrogen (secondary N) is 2. The first-order valence-electron chi connectivity index (χ1n) is 8.34. The highest BCUT2D eigenvalue weighted by Crippen LogP contribution is 2.29. The highest BCUT2D eigenvalue weighted by atomic mass is 35.5. The van der Waals surface area contributed by atoms with Crippen LogP contribution in [0.25, 0.3) is 0 Å². The van der Waals surface area contributed by atoms with E-state index in [0.29, 0.717) is 22.0 Å². The smallest absolute Gasteiger partial charge is 0.253 e. The molecule has 132 valence electrons. The highest BCUT2D eigenvalue weighted by molar-refractivity contribution is 6.36. The Labute approximate surface area is 151 Å². The van der Waals surface area contributed by atoms with Crippen LogP contribution in [0.2, 0.25) is 5.02 Å². The van der Waals surface area contributed by atoms with Crippen molar-refractivity contribution in [1.82, 2.24) is 15.3 Å². The van der Waals surface area contributed by atoms with Crippen LogP contribution in [-0.2, 0) is 6.54 Å². The lowest BCUT2D eigenvalue weighted by Crippen LogP contribution is -2.28. The molecule has 0 unspecified atom stereocenters. The summed E-state index contributed by atoms with van der Waals surface area (Å²) in [6.45, 7) is 5.63. The normalized spacial score (nSPS) is 14.0. The molecule has 0 spiro atoms. The largest absolute Gasteiger partial charge is 0.355 e. The Kier molecular flexibility index (Phi) is 5.08. The van der Waals surface area contributed by atoms with Crippen LogP contribution in [0.5, 0.6) is 0 Å². The van der Waals surface area contributed by atoms with Crippen LogP contribution in [0, 0.1) is 13.8 Å². The molecule has 7 heteroatoms. The molecule has 3 rings (SSSR count). The van der Waals surface area contributed by atoms with E-state index < -0.39 is 0 Å². The SMILES string of the molecule is Cc1cc(C)c(CNC(=O)c2ccnc(N3CCCC3)c2Cl)c(=O)[nH]1. The Morgan fingerprint density at radius 1 is 1.36 bits per heavy atom. The average molecular weight is 361 g/mol. The molecule has 0 radical (unpaired) electrons. The van der Waals surface area contributed by atoms with Gasteiger partial charge in [-0.3, -0.25) is 9.59 Å². The zero-order valence-electron chi connectivity index (χ0n) is 14.4. The van der Waals surface area contributed by atoms with E-state index in [1.54, 1.807) is 12.3 Å². The number of aromatic nitrogens is 2. The van der Waals surface area contributed by atoms with E-state index in [0.717, 1.165) is 37.2 Å². The average Bonchev–Trinajstić information content (AvgIpc) is 3.08. The molecule has 2 aromatic heterocycles. The second-order valence-corrected chi connectivity index (χ2v) is 6.69. The molecule has 1 amide bonds. The maximum atomic E-state index is 12.5. The first-order valence-corrected chi connectivity index (χ1v) is 8.72. The van der Waals surface area contributed by atoms with Crippen molar-refractivity contribution in [2.75, 3.05) is 18.0 Å². The van der Waals surface area contributed by atoms with Crippen LogP contribution >= 0.6 is 11.6 Å². The Hall–Kier alpha value is -2.34. The van der Waals surface area contributed by atoms with Crippen LogP contribution in [0.4, 0.5) is 5.82 Å². The fourth-order valence-electron chi connectivity index (χ4n) is 3.12. The first-order chi connectivity index (χ1) is 12.0. The van der Waals surface area contributed by atoms with Gasteiger partial charge in [-0.25, -0.2) is 4.98 Å². The van der Waals surface area contributed by atoms with E-state index >= 15 is 0 Å². The number of halogens is 1. The predicted molar refractivity (Wildman–Crippen MR) is 98.4 cm³/mol. The second-order valence-electron chi connectivity index (χ2n) is 6.32. The zero-order valence-corrected chi connectivity index (χ0v) is 15.1. The Balaban J connectivity index is 1.78. The van der Waals surface area contributed by atoms with Gasteiger partial charge in [-0.15, -0.1) is 0 Å². The number of rotatable bonds is 4. The van der Waals surface area contributed by atoms with Crippen LogP contribution < -0.4 is 15.8 Å². The predicted octanol–water partition coefficient (Wildman–Crippen LogP) is 2.57. The summed E-state index contributed by atoms with van der Waals surface area (Å²) in [6, 6.07) is 3.48. The fourth-order valence-corrected chi connectivity index (χ4v) is 3.44. The minimum atomic E-state index is -0.313. The molecule has 0 saturated carbocycles. The van der Waals surface area contributed by atoms with E-state index in [2.05, 4.69) is 20.2 Å². The van der Waals surface area contributed by atoms with E-state index in [4.69, 9.17) is 11.6 Å². The monoisotopic (exact) mass is 360 g/mol. The van der Waals surface area contributed by atoms with Gasteiger partial charge in [-0.2, -0.15) is 0 Å². The summed E-state index contributed by atoms with van der Waals surface area (Å²) in [7, 11) is 0. The van der Waals surface area contributed by atoms with Crippen molar-refractivity contribution in [2.45, 2.75) is 33.2 Å². The molecule has 6 nitrogen and oxygen atoms in total. The molecule has 1 saturated heterocycles. The fraction of sp³-hybridized carbons (Fsp3) is 0.389. The summed E-state index contributed by atoms with van der Waals surface area (Å²) in [6.07, 6.45) is 3.80. The van der Waals surface area contributed by atoms with Gasteiger partial charge in [0.25, 0.3) is 11.5 Å². The molecule has 1 fully saturated rings. The molecule has 0 atom stereocenters. The number of nitrogens with zero attached hydrogens (tertiary/aromatic N) is 2. The van der Waals surface area contributed by atoms with Crippen molar-refractivity contribution in [3.63, 3.8) is 0 Å². The zero-order chi connectivity index (χ0) is 18.0. The number of aromatic amines is 1. The molecule has 0 aliphatic carbocycles. The molecule has 25 heavy (non-hydrogen) atoms. The number of amides is 1. The summed E-state index contributed by atoms with van der Waals surface area (Å²) in [5.74, 6) is 0.336. The minimum absolute atomic E-state index is 0.151. The Morgan fingerprint density at radius 2 is 2.08 bits per heavy atom. The first kappa shape index (κ1) is 17.5. The summed E-state index contributed by atoms with van der Waals surface area (Å²) in [4.78, 5) is 33.8. The molecular weight excluding hydrogens is 340 g/mol. The second kappa shape index (κ2) is 7.27. The van der Waals surface area contributed by atoms with Gasteiger partial charge in [-0.05, 0) is 44.4 Å². The van der Waals surface area contributed by atoms with Gasteiger partial charge in [0.05, 0.1) is 10.6 Å². The maximum absolute atomic E-state index is 12.5. The van der Waals surface area contributed by atoms with Crippen molar-refractivity contribution in [2.24, 2.45) is 0 Å². The van der Waals surface area contributed by atoms with Gasteiger partial charge < -0.3 is 15.2 Å². The summed E-state index contributed by atoms with van der Waals surface area (Å²) in [5, 5.41) is 3.14. The molecule has 0 bridgehead atoms. The molecule has 2 N–H and O–H groups in total. The third kappa shape index (κ3) is 3.69. The van der Waals surface area contributed by atoms with Gasteiger partial charge in [-0.1, -0.05) is 11.6 Å². The summed E-state index contributed by atoms with van der Waals surface area (Å²) >= 11 is 6.42. The molecule has 1 aliphatic rings. The van der Waals surface area contributed by atoms with E-state index in [9.17, 15) is 9.59 Å². The Morgan fingerprint density at radius 3 is 2.76 bits per heavy atom. The quantitative estimate of drug-likeness (QED) is 0.878. The van der Waals surface area contributed by atoms with Crippen LogP contribution in [0.1, 0.15) is 40.0 Å². The number of anilines is 1. The molecule has 1 aliphatic heterocycles. The number of carbonyl (C=O) groups excluding carboxylic acids is 1. The van der Waals surface area contributed by atoms with Gasteiger partial charge in [0.1, 0.15) is 5.82 Å². The lowest BCUT2D eigenvalue weighted by molar-refractivity contribution is 0.0951. The molecule has 0 aromatic carbocycles. The number of carbonyl (C=O) groups is 1. The third-order valence-corrected chi connectivity index (χ3v) is 4.81. The van der Waals surface area contributed by atoms with Crippen LogP contribution in [-0.4, -0.2) is 29.0 Å². The molecule has 2 aromatic rings. The molecular formula is C18H21ClN4O2. The third-order valence-electron chi connectivity index (χ3n) is 4.44. The summed E-state index contributed by atoms with van der Waals surface area (Å²) in [5.41, 5.74) is 2.38. The number of hydrogen-bond donors (Lipinski definition) is 2. The number of H-pyrrole nitrogens is 1. The van der Waals surface area contributed by atoms with E-state index in [1.807, 2.05) is 19.9 Å². The van der Waals surface area contributed by atoms with Crippen molar-refractivity contribution in [3.8, 4) is 0 Å². The maximum Gasteiger partial charge on any atom is 0.253 e. The topological polar surface area (TPSA) is 78.1 Å². The van der Waals surface area contributed by atoms with Crippen molar-refractivity contribution in [1.29, 1.82) is 0 Å². The standard InChI is InChI=1S/C18H21ClN4O2/c1-11-9-12(2)22-18(25)14(11)10-21-17(24)13-5-6-20-16(15(13)19)23-7-3-4-8-23/h5-6,9H,3-4,7-8,10H2,1-2H3,(H,21,24)(H,22,25). The lowest BCUT2D eigenvalue weighted by atomic mass is 10.1. The van der Waals surface area contributed by atoms with Crippen molar-refractivity contribution >= 4 is 23.3 Å². The van der Waals surface area contributed by atoms with Crippen LogP contribution in [0.15, 0.2) is 23.1 Å². The van der Waals surface area contributed by atoms with Gasteiger partial charge in [0.2, 0.25) is 0 Å². The van der Waals surface area contributed by atoms with Gasteiger partial charge >= 0.3 is 0 Å². The highest BCUT2D eigenvalue weighted by Gasteiger charge is 2.21. The number of pyridine rings is 2. The van der Waals surface area contributed by atoms with Gasteiger partial charge in [0, 0.05) is 37.1 Å². The van der Waals surface area contributed by atoms with Crippen LogP contribution in [0.3, 0.4) is 0 Å². The molecule has 3 heterocycles. The van der Waals surface area contributed by atoms with Gasteiger partial charge in [0.15, 0.2) is 0 Å². The van der Waals surface area contributed by atoms with E-state index in [1.165, 1.54) is 0 Å². The van der Waals surface area contributed by atoms with E-state index in [-0.39, 0.29) is 18.0 Å². The van der Waals surface area contributed by atoms with Crippen molar-refractivity contribution in [3.05, 3.63) is 56.1 Å². The Bertz CT molecular complexity index is 857. The number of hydrogen-bond acceptors (Lipinski definition) is 4. The minimum Gasteiger partial charge on any atom is -0.355 e. The lowest BCUT2D eigenvalue weighted by Gasteiger charge is -2.19. The number of aryl methyl sites for hydroxylation is 2.